The van der Waals surface area contributed by atoms with E-state index in [0.29, 0.717) is 5.69 Å². The molecule has 1 aliphatic heterocycles. The molecular weight excluding hydrogens is 507 g/mol. The van der Waals surface area contributed by atoms with Gasteiger partial charge in [-0.05, 0) is 61.2 Å². The molecule has 33 heavy (non-hydrogen) atoms. The van der Waals surface area contributed by atoms with Crippen molar-refractivity contribution in [1.82, 2.24) is 5.32 Å². The third-order valence-corrected chi connectivity index (χ3v) is 9.46. The second-order valence-corrected chi connectivity index (χ2v) is 12.8. The number of nitrogens with one attached hydrogen (secondary N) is 2. The van der Waals surface area contributed by atoms with E-state index < -0.39 is 32.0 Å². The Balaban J connectivity index is 1.48. The van der Waals surface area contributed by atoms with Crippen molar-refractivity contribution in [3.8, 4) is 0 Å². The molecular formula is C23H23Cl3N2O4S. The summed E-state index contributed by atoms with van der Waals surface area (Å²) in [6.45, 7) is 6.05. The van der Waals surface area contributed by atoms with Crippen LogP contribution in [0.3, 0.4) is 0 Å². The fraction of sp³-hybridized carbons (Fsp3) is 0.391. The van der Waals surface area contributed by atoms with E-state index in [1.54, 1.807) is 6.07 Å². The van der Waals surface area contributed by atoms with Gasteiger partial charge in [-0.1, -0.05) is 23.7 Å². The van der Waals surface area contributed by atoms with Crippen molar-refractivity contribution in [3.63, 3.8) is 0 Å². The van der Waals surface area contributed by atoms with Crippen molar-refractivity contribution >= 4 is 62.1 Å². The minimum Gasteiger partial charge on any atom is -0.347 e. The van der Waals surface area contributed by atoms with Crippen LogP contribution in [0, 0.1) is 26.7 Å². The second-order valence-electron chi connectivity index (χ2n) is 8.84. The van der Waals surface area contributed by atoms with Gasteiger partial charge in [-0.25, -0.2) is 8.42 Å². The second kappa shape index (κ2) is 8.45. The molecule has 0 spiro atoms. The molecule has 0 aromatic heterocycles. The molecule has 0 radical (unpaired) electrons. The predicted molar refractivity (Wildman–Crippen MR) is 131 cm³/mol. The minimum atomic E-state index is -3.07. The lowest BCUT2D eigenvalue weighted by Gasteiger charge is -2.26. The Morgan fingerprint density at radius 2 is 1.64 bits per heavy atom. The van der Waals surface area contributed by atoms with Crippen LogP contribution in [0.5, 0.6) is 0 Å². The molecule has 2 aliphatic rings. The number of halogens is 3. The molecule has 2 fully saturated rings. The van der Waals surface area contributed by atoms with Gasteiger partial charge in [-0.15, -0.1) is 23.2 Å². The Bertz CT molecular complexity index is 1240. The molecule has 1 heterocycles. The van der Waals surface area contributed by atoms with Crippen molar-refractivity contribution in [2.75, 3.05) is 16.8 Å². The lowest BCUT2D eigenvalue weighted by Crippen LogP contribution is -2.52. The zero-order valence-electron chi connectivity index (χ0n) is 18.2. The highest BCUT2D eigenvalue weighted by Crippen LogP contribution is 2.65. The molecule has 10 heteroatoms. The zero-order valence-corrected chi connectivity index (χ0v) is 21.3. The van der Waals surface area contributed by atoms with E-state index >= 15 is 0 Å². The van der Waals surface area contributed by atoms with Crippen LogP contribution in [0.4, 0.5) is 5.69 Å². The SMILES string of the molecule is Cc1cc(C2C(C(=O)Nc3ccc(Cl)c(C(=O)NC4CS(=O)(=O)C4)c3)C2(Cl)Cl)cc(C)c1C. The molecule has 4 rings (SSSR count). The van der Waals surface area contributed by atoms with Gasteiger partial charge in [-0.2, -0.15) is 0 Å². The van der Waals surface area contributed by atoms with Crippen molar-refractivity contribution in [1.29, 1.82) is 0 Å². The van der Waals surface area contributed by atoms with Crippen molar-refractivity contribution < 1.29 is 18.0 Å². The largest absolute Gasteiger partial charge is 0.347 e. The lowest BCUT2D eigenvalue weighted by atomic mass is 9.97. The molecule has 2 amide bonds. The molecule has 0 bridgehead atoms. The van der Waals surface area contributed by atoms with Gasteiger partial charge >= 0.3 is 0 Å². The van der Waals surface area contributed by atoms with E-state index in [4.69, 9.17) is 34.8 Å². The van der Waals surface area contributed by atoms with E-state index in [1.807, 2.05) is 32.9 Å². The number of alkyl halides is 2. The van der Waals surface area contributed by atoms with Crippen molar-refractivity contribution in [2.24, 2.45) is 5.92 Å². The maximum Gasteiger partial charge on any atom is 0.253 e. The molecule has 2 N–H and O–H groups in total. The summed E-state index contributed by atoms with van der Waals surface area (Å²) in [5.74, 6) is -2.07. The lowest BCUT2D eigenvalue weighted by molar-refractivity contribution is -0.117. The van der Waals surface area contributed by atoms with Gasteiger partial charge < -0.3 is 10.6 Å². The fourth-order valence-corrected chi connectivity index (χ4v) is 6.55. The summed E-state index contributed by atoms with van der Waals surface area (Å²) in [4.78, 5) is 25.6. The first-order valence-electron chi connectivity index (χ1n) is 10.4. The summed E-state index contributed by atoms with van der Waals surface area (Å²) in [6.07, 6.45) is 0. The van der Waals surface area contributed by atoms with Gasteiger partial charge in [0.05, 0.1) is 34.1 Å². The average molecular weight is 530 g/mol. The summed E-state index contributed by atoms with van der Waals surface area (Å²) < 4.78 is 21.4. The molecule has 6 nitrogen and oxygen atoms in total. The zero-order chi connectivity index (χ0) is 24.3. The van der Waals surface area contributed by atoms with E-state index in [1.165, 1.54) is 17.7 Å². The summed E-state index contributed by atoms with van der Waals surface area (Å²) in [7, 11) is -3.07. The van der Waals surface area contributed by atoms with Crippen molar-refractivity contribution in [2.45, 2.75) is 37.1 Å². The number of hydrogen-bond acceptors (Lipinski definition) is 4. The van der Waals surface area contributed by atoms with Crippen LogP contribution >= 0.6 is 34.8 Å². The first-order chi connectivity index (χ1) is 15.3. The normalized spacial score (nSPS) is 22.8. The average Bonchev–Trinajstić information content (AvgIpc) is 3.27. The van der Waals surface area contributed by atoms with Crippen LogP contribution in [0.15, 0.2) is 30.3 Å². The Morgan fingerprint density at radius 3 is 2.21 bits per heavy atom. The van der Waals surface area contributed by atoms with Crippen molar-refractivity contribution in [3.05, 3.63) is 63.2 Å². The number of sulfone groups is 1. The number of aryl methyl sites for hydroxylation is 2. The first-order valence-corrected chi connectivity index (χ1v) is 13.3. The number of carbonyl (C=O) groups excluding carboxylic acids is 2. The molecule has 1 saturated carbocycles. The van der Waals surface area contributed by atoms with Gasteiger partial charge in [0.2, 0.25) is 5.91 Å². The predicted octanol–water partition coefficient (Wildman–Crippen LogP) is 4.32. The van der Waals surface area contributed by atoms with E-state index in [2.05, 4.69) is 10.6 Å². The van der Waals surface area contributed by atoms with Gasteiger partial charge in [0.25, 0.3) is 5.91 Å². The number of rotatable bonds is 5. The summed E-state index contributed by atoms with van der Waals surface area (Å²) in [6, 6.07) is 8.08. The summed E-state index contributed by atoms with van der Waals surface area (Å²) in [5, 5.41) is 5.61. The molecule has 2 unspecified atom stereocenters. The quantitative estimate of drug-likeness (QED) is 0.564. The third-order valence-electron chi connectivity index (χ3n) is 6.37. The molecule has 1 saturated heterocycles. The molecule has 2 atom stereocenters. The van der Waals surface area contributed by atoms with Gasteiger partial charge in [0.1, 0.15) is 4.33 Å². The number of benzene rings is 2. The van der Waals surface area contributed by atoms with E-state index in [9.17, 15) is 18.0 Å². The molecule has 1 aliphatic carbocycles. The van der Waals surface area contributed by atoms with Crippen LogP contribution in [-0.2, 0) is 14.6 Å². The van der Waals surface area contributed by atoms with Crippen LogP contribution in [-0.4, -0.2) is 42.1 Å². The Labute approximate surface area is 207 Å². The summed E-state index contributed by atoms with van der Waals surface area (Å²) in [5.41, 5.74) is 4.80. The van der Waals surface area contributed by atoms with Crippen LogP contribution in [0.2, 0.25) is 5.02 Å². The maximum atomic E-state index is 13.0. The van der Waals surface area contributed by atoms with Crippen LogP contribution < -0.4 is 10.6 Å². The highest BCUT2D eigenvalue weighted by molar-refractivity contribution is 7.92. The number of carbonyl (C=O) groups is 2. The maximum absolute atomic E-state index is 13.0. The smallest absolute Gasteiger partial charge is 0.253 e. The number of anilines is 1. The van der Waals surface area contributed by atoms with Crippen LogP contribution in [0.1, 0.15) is 38.5 Å². The monoisotopic (exact) mass is 528 g/mol. The summed E-state index contributed by atoms with van der Waals surface area (Å²) >= 11 is 19.1. The van der Waals surface area contributed by atoms with Crippen LogP contribution in [0.25, 0.3) is 0 Å². The standard InChI is InChI=1S/C23H23Cl3N2O4S/c1-11-6-14(7-12(2)13(11)3)19-20(23(19,25)26)22(30)27-15-4-5-18(24)17(8-15)21(29)28-16-9-33(31,32)10-16/h4-8,16,19-20H,9-10H2,1-3H3,(H,27,30)(H,28,29). The Kier molecular flexibility index (Phi) is 6.23. The molecule has 2 aromatic carbocycles. The third kappa shape index (κ3) is 4.74. The van der Waals surface area contributed by atoms with Gasteiger partial charge in [-0.3, -0.25) is 9.59 Å². The Morgan fingerprint density at radius 1 is 1.03 bits per heavy atom. The number of hydrogen-bond donors (Lipinski definition) is 2. The highest BCUT2D eigenvalue weighted by Gasteiger charge is 2.67. The molecule has 2 aromatic rings. The first kappa shape index (κ1) is 24.3. The van der Waals surface area contributed by atoms with Gasteiger partial charge in [0, 0.05) is 11.6 Å². The highest BCUT2D eigenvalue weighted by atomic mass is 35.5. The Hall–Kier alpha value is -1.80. The van der Waals surface area contributed by atoms with E-state index in [-0.39, 0.29) is 33.9 Å². The number of amides is 2. The van der Waals surface area contributed by atoms with E-state index in [0.717, 1.165) is 16.7 Å². The fourth-order valence-electron chi connectivity index (χ4n) is 4.22. The topological polar surface area (TPSA) is 92.3 Å². The molecule has 176 valence electrons. The van der Waals surface area contributed by atoms with Gasteiger partial charge in [0.15, 0.2) is 9.84 Å². The minimum absolute atomic E-state index is 0.0959.